The number of aryl methyl sites for hydroxylation is 2. The maximum absolute atomic E-state index is 12.3. The number of hydrogen-bond acceptors (Lipinski definition) is 3. The number of carbonyl (C=O) groups is 1. The minimum atomic E-state index is 0.0236. The van der Waals surface area contributed by atoms with E-state index in [0.717, 1.165) is 25.8 Å². The summed E-state index contributed by atoms with van der Waals surface area (Å²) in [6.45, 7) is 5.01. The fourth-order valence-corrected chi connectivity index (χ4v) is 3.61. The van der Waals surface area contributed by atoms with Crippen LogP contribution in [-0.2, 0) is 4.79 Å². The first-order valence-corrected chi connectivity index (χ1v) is 8.20. The van der Waals surface area contributed by atoms with Crippen molar-refractivity contribution in [2.45, 2.75) is 44.0 Å². The van der Waals surface area contributed by atoms with Crippen LogP contribution in [0.5, 0.6) is 0 Å². The van der Waals surface area contributed by atoms with Crippen LogP contribution in [0.15, 0.2) is 23.1 Å². The van der Waals surface area contributed by atoms with Crippen LogP contribution < -0.4 is 0 Å². The zero-order valence-corrected chi connectivity index (χ0v) is 13.1. The maximum atomic E-state index is 12.3. The molecule has 1 atom stereocenters. The first kappa shape index (κ1) is 15.4. The number of hydrogen-bond donors (Lipinski definition) is 1. The van der Waals surface area contributed by atoms with Gasteiger partial charge in [0.2, 0.25) is 5.91 Å². The Balaban J connectivity index is 1.95. The largest absolute Gasteiger partial charge is 0.394 e. The molecule has 110 valence electrons. The van der Waals surface area contributed by atoms with E-state index in [-0.39, 0.29) is 18.6 Å². The van der Waals surface area contributed by atoms with E-state index in [1.54, 1.807) is 11.8 Å². The summed E-state index contributed by atoms with van der Waals surface area (Å²) in [4.78, 5) is 15.4. The van der Waals surface area contributed by atoms with Crippen molar-refractivity contribution in [3.05, 3.63) is 29.3 Å². The van der Waals surface area contributed by atoms with Crippen molar-refractivity contribution in [3.63, 3.8) is 0 Å². The SMILES string of the molecule is Cc1ccc(C)c(SCC(=O)N2CCCCC2CO)c1. The van der Waals surface area contributed by atoms with Crippen molar-refractivity contribution in [1.82, 2.24) is 4.90 Å². The molecule has 1 aliphatic rings. The Morgan fingerprint density at radius 2 is 2.20 bits per heavy atom. The van der Waals surface area contributed by atoms with E-state index in [9.17, 15) is 9.90 Å². The number of thioether (sulfide) groups is 1. The molecule has 1 amide bonds. The molecule has 1 N–H and O–H groups in total. The second-order valence-corrected chi connectivity index (χ2v) is 6.49. The van der Waals surface area contributed by atoms with E-state index in [0.29, 0.717) is 5.75 Å². The fourth-order valence-electron chi connectivity index (χ4n) is 2.60. The van der Waals surface area contributed by atoms with Crippen molar-refractivity contribution in [2.24, 2.45) is 0 Å². The Kier molecular flexibility index (Phi) is 5.49. The van der Waals surface area contributed by atoms with Crippen LogP contribution in [0.25, 0.3) is 0 Å². The van der Waals surface area contributed by atoms with Crippen LogP contribution in [0.1, 0.15) is 30.4 Å². The van der Waals surface area contributed by atoms with Gasteiger partial charge in [0.15, 0.2) is 0 Å². The Morgan fingerprint density at radius 3 is 2.95 bits per heavy atom. The van der Waals surface area contributed by atoms with E-state index >= 15 is 0 Å². The maximum Gasteiger partial charge on any atom is 0.233 e. The van der Waals surface area contributed by atoms with E-state index in [1.165, 1.54) is 16.0 Å². The molecule has 0 aliphatic carbocycles. The molecule has 2 rings (SSSR count). The highest BCUT2D eigenvalue weighted by Crippen LogP contribution is 2.25. The molecule has 3 nitrogen and oxygen atoms in total. The molecule has 1 heterocycles. The molecular weight excluding hydrogens is 270 g/mol. The molecule has 1 fully saturated rings. The second kappa shape index (κ2) is 7.14. The Bertz CT molecular complexity index is 476. The summed E-state index contributed by atoms with van der Waals surface area (Å²) in [5.41, 5.74) is 2.43. The zero-order chi connectivity index (χ0) is 14.5. The third-order valence-electron chi connectivity index (χ3n) is 3.85. The van der Waals surface area contributed by atoms with Crippen molar-refractivity contribution < 1.29 is 9.90 Å². The zero-order valence-electron chi connectivity index (χ0n) is 12.3. The average Bonchev–Trinajstić information content (AvgIpc) is 2.47. The van der Waals surface area contributed by atoms with Gasteiger partial charge in [0.1, 0.15) is 0 Å². The minimum Gasteiger partial charge on any atom is -0.394 e. The van der Waals surface area contributed by atoms with Crippen molar-refractivity contribution in [2.75, 3.05) is 18.9 Å². The Hall–Kier alpha value is -1.00. The molecule has 0 bridgehead atoms. The summed E-state index contributed by atoms with van der Waals surface area (Å²) in [5.74, 6) is 0.607. The number of piperidine rings is 1. The number of benzene rings is 1. The highest BCUT2D eigenvalue weighted by Gasteiger charge is 2.25. The summed E-state index contributed by atoms with van der Waals surface area (Å²) in [6, 6.07) is 6.34. The smallest absolute Gasteiger partial charge is 0.233 e. The van der Waals surface area contributed by atoms with Crippen LogP contribution >= 0.6 is 11.8 Å². The van der Waals surface area contributed by atoms with Gasteiger partial charge < -0.3 is 10.0 Å². The Morgan fingerprint density at radius 1 is 1.40 bits per heavy atom. The lowest BCUT2D eigenvalue weighted by atomic mass is 10.0. The van der Waals surface area contributed by atoms with Crippen molar-refractivity contribution in [1.29, 1.82) is 0 Å². The van der Waals surface area contributed by atoms with Gasteiger partial charge >= 0.3 is 0 Å². The average molecular weight is 293 g/mol. The number of likely N-dealkylation sites (tertiary alicyclic amines) is 1. The number of aliphatic hydroxyl groups is 1. The van der Waals surface area contributed by atoms with Crippen LogP contribution in [0.4, 0.5) is 0 Å². The van der Waals surface area contributed by atoms with E-state index < -0.39 is 0 Å². The number of amides is 1. The highest BCUT2D eigenvalue weighted by atomic mass is 32.2. The monoisotopic (exact) mass is 293 g/mol. The molecule has 1 aromatic carbocycles. The molecule has 1 saturated heterocycles. The lowest BCUT2D eigenvalue weighted by Crippen LogP contribution is -2.46. The summed E-state index contributed by atoms with van der Waals surface area (Å²) < 4.78 is 0. The first-order chi connectivity index (χ1) is 9.61. The van der Waals surface area contributed by atoms with Crippen LogP contribution in [0.3, 0.4) is 0 Å². The molecular formula is C16H23NO2S. The molecule has 0 radical (unpaired) electrons. The van der Waals surface area contributed by atoms with Crippen molar-refractivity contribution >= 4 is 17.7 Å². The number of rotatable bonds is 4. The van der Waals surface area contributed by atoms with Crippen LogP contribution in [-0.4, -0.2) is 40.9 Å². The molecule has 0 saturated carbocycles. The molecule has 1 aliphatic heterocycles. The first-order valence-electron chi connectivity index (χ1n) is 7.22. The van der Waals surface area contributed by atoms with Crippen LogP contribution in [0, 0.1) is 13.8 Å². The highest BCUT2D eigenvalue weighted by molar-refractivity contribution is 8.00. The van der Waals surface area contributed by atoms with Gasteiger partial charge in [-0.2, -0.15) is 0 Å². The van der Waals surface area contributed by atoms with E-state index in [1.807, 2.05) is 4.90 Å². The van der Waals surface area contributed by atoms with Gasteiger partial charge in [0.05, 0.1) is 18.4 Å². The minimum absolute atomic E-state index is 0.0236. The molecule has 20 heavy (non-hydrogen) atoms. The quantitative estimate of drug-likeness (QED) is 0.868. The summed E-state index contributed by atoms with van der Waals surface area (Å²) in [7, 11) is 0. The van der Waals surface area contributed by atoms with E-state index in [4.69, 9.17) is 0 Å². The van der Waals surface area contributed by atoms with Crippen LogP contribution in [0.2, 0.25) is 0 Å². The molecule has 0 aromatic heterocycles. The number of carbonyl (C=O) groups excluding carboxylic acids is 1. The second-order valence-electron chi connectivity index (χ2n) is 5.48. The summed E-state index contributed by atoms with van der Waals surface area (Å²) >= 11 is 1.60. The third-order valence-corrected chi connectivity index (χ3v) is 5.00. The van der Waals surface area contributed by atoms with Gasteiger partial charge in [-0.15, -0.1) is 11.8 Å². The lowest BCUT2D eigenvalue weighted by molar-refractivity contribution is -0.132. The molecule has 1 unspecified atom stereocenters. The fraction of sp³-hybridized carbons (Fsp3) is 0.562. The predicted molar refractivity (Wildman–Crippen MR) is 83.1 cm³/mol. The predicted octanol–water partition coefficient (Wildman–Crippen LogP) is 2.77. The van der Waals surface area contributed by atoms with E-state index in [2.05, 4.69) is 32.0 Å². The third kappa shape index (κ3) is 3.76. The number of nitrogens with zero attached hydrogens (tertiary/aromatic N) is 1. The van der Waals surface area contributed by atoms with Gasteiger partial charge in [-0.3, -0.25) is 4.79 Å². The normalized spacial score (nSPS) is 19.1. The summed E-state index contributed by atoms with van der Waals surface area (Å²) in [6.07, 6.45) is 3.09. The Labute approximate surface area is 125 Å². The standard InChI is InChI=1S/C16H23NO2S/c1-12-6-7-13(2)15(9-12)20-11-16(19)17-8-4-3-5-14(17)10-18/h6-7,9,14,18H,3-5,8,10-11H2,1-2H3. The number of aliphatic hydroxyl groups excluding tert-OH is 1. The van der Waals surface area contributed by atoms with Gasteiger partial charge in [0, 0.05) is 11.4 Å². The molecule has 1 aromatic rings. The summed E-state index contributed by atoms with van der Waals surface area (Å²) in [5, 5.41) is 9.38. The topological polar surface area (TPSA) is 40.5 Å². The van der Waals surface area contributed by atoms with Crippen molar-refractivity contribution in [3.8, 4) is 0 Å². The molecule has 4 heteroatoms. The van der Waals surface area contributed by atoms with Gasteiger partial charge in [-0.1, -0.05) is 17.7 Å². The van der Waals surface area contributed by atoms with Gasteiger partial charge in [-0.05, 0) is 44.7 Å². The molecule has 0 spiro atoms. The van der Waals surface area contributed by atoms with Gasteiger partial charge in [0.25, 0.3) is 0 Å². The van der Waals surface area contributed by atoms with Gasteiger partial charge in [-0.25, -0.2) is 0 Å². The lowest BCUT2D eigenvalue weighted by Gasteiger charge is -2.34.